The van der Waals surface area contributed by atoms with Crippen LogP contribution in [0.4, 0.5) is 5.69 Å². The summed E-state index contributed by atoms with van der Waals surface area (Å²) in [5.74, 6) is 0. The van der Waals surface area contributed by atoms with E-state index in [4.69, 9.17) is 0 Å². The van der Waals surface area contributed by atoms with Crippen LogP contribution in [-0.2, 0) is 12.8 Å². The molecule has 2 aromatic carbocycles. The minimum atomic E-state index is 0.119. The highest BCUT2D eigenvalue weighted by molar-refractivity contribution is 5.70. The molecular formula is C50H78N2. The zero-order valence-electron chi connectivity index (χ0n) is 35.6. The highest BCUT2D eigenvalue weighted by Crippen LogP contribution is 2.28. The molecule has 3 rings (SSSR count). The average molecular weight is 707 g/mol. The van der Waals surface area contributed by atoms with Crippen LogP contribution in [-0.4, -0.2) is 5.54 Å². The molecular weight excluding hydrogens is 629 g/mol. The van der Waals surface area contributed by atoms with Crippen molar-refractivity contribution in [2.75, 3.05) is 5.32 Å². The highest BCUT2D eigenvalue weighted by atomic mass is 15.0. The summed E-state index contributed by atoms with van der Waals surface area (Å²) < 4.78 is 0. The van der Waals surface area contributed by atoms with Crippen molar-refractivity contribution in [3.8, 4) is 0 Å². The summed E-state index contributed by atoms with van der Waals surface area (Å²) >= 11 is 0. The lowest BCUT2D eigenvalue weighted by Crippen LogP contribution is -2.34. The highest BCUT2D eigenvalue weighted by Gasteiger charge is 2.10. The monoisotopic (exact) mass is 707 g/mol. The van der Waals surface area contributed by atoms with Crippen LogP contribution in [0.5, 0.6) is 0 Å². The summed E-state index contributed by atoms with van der Waals surface area (Å²) in [5, 5.41) is 6.92. The fourth-order valence-corrected chi connectivity index (χ4v) is 5.57. The zero-order chi connectivity index (χ0) is 39.4. The maximum atomic E-state index is 4.23. The van der Waals surface area contributed by atoms with Gasteiger partial charge in [0.2, 0.25) is 0 Å². The van der Waals surface area contributed by atoms with Crippen molar-refractivity contribution in [2.24, 2.45) is 0 Å². The first-order valence-corrected chi connectivity index (χ1v) is 20.3. The van der Waals surface area contributed by atoms with E-state index in [0.29, 0.717) is 0 Å². The van der Waals surface area contributed by atoms with Gasteiger partial charge in [0.25, 0.3) is 0 Å². The number of hydrogen-bond acceptors (Lipinski definition) is 2. The smallest absolute Gasteiger partial charge is 0.0422 e. The first-order chi connectivity index (χ1) is 24.8. The van der Waals surface area contributed by atoms with Gasteiger partial charge in [0.05, 0.1) is 0 Å². The van der Waals surface area contributed by atoms with Gasteiger partial charge in [0, 0.05) is 22.6 Å². The number of allylic oxidation sites excluding steroid dienone is 10. The Morgan fingerprint density at radius 3 is 2.08 bits per heavy atom. The third-order valence-electron chi connectivity index (χ3n) is 8.63. The van der Waals surface area contributed by atoms with Crippen LogP contribution in [0, 0.1) is 0 Å². The Morgan fingerprint density at radius 1 is 0.846 bits per heavy atom. The molecule has 0 radical (unpaired) electrons. The quantitative estimate of drug-likeness (QED) is 0.160. The molecule has 0 spiro atoms. The molecule has 0 bridgehead atoms. The van der Waals surface area contributed by atoms with Gasteiger partial charge in [-0.25, -0.2) is 0 Å². The molecule has 2 heteroatoms. The molecule has 0 saturated carbocycles. The second-order valence-corrected chi connectivity index (χ2v) is 14.6. The minimum absolute atomic E-state index is 0.119. The summed E-state index contributed by atoms with van der Waals surface area (Å²) in [5.41, 5.74) is 12.8. The van der Waals surface area contributed by atoms with Gasteiger partial charge in [-0.05, 0) is 139 Å². The molecule has 0 aromatic heterocycles. The molecule has 0 amide bonds. The Hall–Kier alpha value is -3.78. The van der Waals surface area contributed by atoms with Crippen LogP contribution in [0.1, 0.15) is 157 Å². The second-order valence-electron chi connectivity index (χ2n) is 14.6. The molecule has 2 aromatic rings. The largest absolute Gasteiger partial charge is 0.384 e. The van der Waals surface area contributed by atoms with Crippen LogP contribution >= 0.6 is 0 Å². The standard InChI is InChI=1S/C23H33N.C14H21N.C11H18.C2H6/c1-7-10-13-18(4)20(6)24-23-17-22(19(5)12-9-3)16-15-21(23)14-11-8-2;1-12(15-14(2,3)4)10-11-13-8-6-5-7-9-13;1-3-4-8-11-9-6-5-7-10(11)2;1-2/h7,10,13,15-17,24H,5-6,8-9,11-12,14H2,1-4H3;5-9,15H,1,10-11H2,2-4H3;6,9H,3-5,7-8H2,1-2H3;1-2H3/b10-7-,18-13+;;;. The molecule has 0 fully saturated rings. The maximum Gasteiger partial charge on any atom is 0.0422 e. The predicted molar refractivity (Wildman–Crippen MR) is 239 cm³/mol. The summed E-state index contributed by atoms with van der Waals surface area (Å²) in [4.78, 5) is 0. The predicted octanol–water partition coefficient (Wildman–Crippen LogP) is 15.7. The molecule has 288 valence electrons. The Balaban J connectivity index is 0.000000791. The Kier molecular flexibility index (Phi) is 26.7. The van der Waals surface area contributed by atoms with E-state index < -0.39 is 0 Å². The zero-order valence-corrected chi connectivity index (χ0v) is 35.6. The van der Waals surface area contributed by atoms with Gasteiger partial charge in [-0.1, -0.05) is 152 Å². The number of aryl methyl sites for hydroxylation is 2. The van der Waals surface area contributed by atoms with E-state index in [9.17, 15) is 0 Å². The number of nitrogens with one attached hydrogen (secondary N) is 2. The van der Waals surface area contributed by atoms with E-state index in [1.807, 2.05) is 39.0 Å². The SMILES string of the molecule is C=C(CCc1ccccc1)NC(C)(C)C.C=C(Nc1cc(C(=C)CCC)ccc1CCCC)/C(C)=C/C=C\C.CC.CCCCC1=C(C)CCC=C1. The normalized spacial score (nSPS) is 12.5. The minimum Gasteiger partial charge on any atom is -0.384 e. The fourth-order valence-electron chi connectivity index (χ4n) is 5.57. The Bertz CT molecular complexity index is 1420. The Labute approximate surface area is 323 Å². The lowest BCUT2D eigenvalue weighted by Gasteiger charge is -2.23. The maximum absolute atomic E-state index is 4.23. The van der Waals surface area contributed by atoms with Crippen molar-refractivity contribution in [3.63, 3.8) is 0 Å². The molecule has 0 unspecified atom stereocenters. The van der Waals surface area contributed by atoms with Crippen molar-refractivity contribution >= 4 is 11.3 Å². The lowest BCUT2D eigenvalue weighted by atomic mass is 9.95. The summed E-state index contributed by atoms with van der Waals surface area (Å²) in [6.45, 7) is 36.0. The summed E-state index contributed by atoms with van der Waals surface area (Å²) in [6.07, 6.45) is 25.0. The van der Waals surface area contributed by atoms with Gasteiger partial charge in [-0.3, -0.25) is 0 Å². The average Bonchev–Trinajstić information content (AvgIpc) is 3.13. The van der Waals surface area contributed by atoms with Gasteiger partial charge in [-0.2, -0.15) is 0 Å². The number of unbranched alkanes of at least 4 members (excludes halogenated alkanes) is 2. The van der Waals surface area contributed by atoms with Crippen LogP contribution in [0.3, 0.4) is 0 Å². The van der Waals surface area contributed by atoms with Gasteiger partial charge >= 0.3 is 0 Å². The van der Waals surface area contributed by atoms with Crippen LogP contribution in [0.2, 0.25) is 0 Å². The number of hydrogen-bond donors (Lipinski definition) is 2. The first kappa shape index (κ1) is 48.2. The van der Waals surface area contributed by atoms with Crippen molar-refractivity contribution in [1.29, 1.82) is 0 Å². The second kappa shape index (κ2) is 28.8. The number of benzene rings is 2. The summed E-state index contributed by atoms with van der Waals surface area (Å²) in [7, 11) is 0. The summed E-state index contributed by atoms with van der Waals surface area (Å²) in [6, 6.07) is 17.2. The molecule has 0 aliphatic heterocycles. The molecule has 52 heavy (non-hydrogen) atoms. The van der Waals surface area contributed by atoms with Gasteiger partial charge in [0.15, 0.2) is 0 Å². The number of rotatable bonds is 17. The topological polar surface area (TPSA) is 24.1 Å². The van der Waals surface area contributed by atoms with Crippen molar-refractivity contribution in [3.05, 3.63) is 143 Å². The van der Waals surface area contributed by atoms with E-state index in [-0.39, 0.29) is 5.54 Å². The molecule has 0 saturated heterocycles. The third-order valence-corrected chi connectivity index (χ3v) is 8.63. The van der Waals surface area contributed by atoms with Gasteiger partial charge in [0.1, 0.15) is 0 Å². The van der Waals surface area contributed by atoms with E-state index in [1.165, 1.54) is 67.2 Å². The Morgan fingerprint density at radius 2 is 1.50 bits per heavy atom. The first-order valence-electron chi connectivity index (χ1n) is 20.3. The molecule has 1 aliphatic rings. The van der Waals surface area contributed by atoms with Crippen molar-refractivity contribution < 1.29 is 0 Å². The molecule has 0 heterocycles. The fraction of sp³-hybridized carbons (Fsp3) is 0.480. The van der Waals surface area contributed by atoms with E-state index >= 15 is 0 Å². The van der Waals surface area contributed by atoms with Gasteiger partial charge in [-0.15, -0.1) is 0 Å². The molecule has 1 aliphatic carbocycles. The molecule has 2 nitrogen and oxygen atoms in total. The van der Waals surface area contributed by atoms with E-state index in [1.54, 1.807) is 11.1 Å². The molecule has 0 atom stereocenters. The van der Waals surface area contributed by atoms with E-state index in [2.05, 4.69) is 146 Å². The van der Waals surface area contributed by atoms with E-state index in [0.717, 1.165) is 54.8 Å². The molecule has 2 N–H and O–H groups in total. The van der Waals surface area contributed by atoms with Crippen LogP contribution in [0.15, 0.2) is 127 Å². The number of anilines is 1. The van der Waals surface area contributed by atoms with Gasteiger partial charge < -0.3 is 10.6 Å². The van der Waals surface area contributed by atoms with Crippen LogP contribution < -0.4 is 10.6 Å². The lowest BCUT2D eigenvalue weighted by molar-refractivity contribution is 0.464. The van der Waals surface area contributed by atoms with Crippen molar-refractivity contribution in [2.45, 2.75) is 159 Å². The van der Waals surface area contributed by atoms with Crippen molar-refractivity contribution in [1.82, 2.24) is 5.32 Å². The van der Waals surface area contributed by atoms with Crippen LogP contribution in [0.25, 0.3) is 5.57 Å². The third kappa shape index (κ3) is 22.2.